The first kappa shape index (κ1) is 16.6. The lowest BCUT2D eigenvalue weighted by molar-refractivity contribution is -0.132. The van der Waals surface area contributed by atoms with Crippen LogP contribution in [-0.4, -0.2) is 23.9 Å². The summed E-state index contributed by atoms with van der Waals surface area (Å²) in [6.45, 7) is 2.19. The average molecular weight is 350 g/mol. The van der Waals surface area contributed by atoms with Crippen LogP contribution >= 0.6 is 0 Å². The summed E-state index contributed by atoms with van der Waals surface area (Å²) in [6.07, 6.45) is 2.45. The molecule has 5 heteroatoms. The summed E-state index contributed by atoms with van der Waals surface area (Å²) in [5.74, 6) is 0.513. The van der Waals surface area contributed by atoms with E-state index in [1.54, 1.807) is 7.11 Å². The topological polar surface area (TPSA) is 58.6 Å². The maximum atomic E-state index is 13.3. The number of methoxy groups -OCH3 is 1. The van der Waals surface area contributed by atoms with E-state index in [9.17, 15) is 9.59 Å². The molecule has 0 saturated carbocycles. The van der Waals surface area contributed by atoms with Gasteiger partial charge in [0, 0.05) is 5.56 Å². The van der Waals surface area contributed by atoms with Crippen molar-refractivity contribution in [3.8, 4) is 5.75 Å². The van der Waals surface area contributed by atoms with Crippen molar-refractivity contribution in [2.45, 2.75) is 38.3 Å². The van der Waals surface area contributed by atoms with Crippen LogP contribution < -0.4 is 10.1 Å². The molecular formula is C21H22N2O3. The molecule has 1 aliphatic heterocycles. The fourth-order valence-corrected chi connectivity index (χ4v) is 4.16. The minimum atomic E-state index is -0.928. The van der Waals surface area contributed by atoms with Crippen molar-refractivity contribution in [1.82, 2.24) is 10.2 Å². The van der Waals surface area contributed by atoms with Crippen LogP contribution in [0.3, 0.4) is 0 Å². The van der Waals surface area contributed by atoms with Gasteiger partial charge in [-0.2, -0.15) is 0 Å². The summed E-state index contributed by atoms with van der Waals surface area (Å²) in [6, 6.07) is 13.4. The SMILES string of the molecule is COc1ccc(C)cc1CN1C(=O)N[C@]2(CCCc3ccccc32)C1=O. The number of fused-ring (bicyclic) bond motifs is 2. The fourth-order valence-electron chi connectivity index (χ4n) is 4.16. The molecule has 0 aromatic heterocycles. The van der Waals surface area contributed by atoms with Gasteiger partial charge in [0.1, 0.15) is 11.3 Å². The molecule has 1 fully saturated rings. The molecule has 26 heavy (non-hydrogen) atoms. The van der Waals surface area contributed by atoms with E-state index in [2.05, 4.69) is 5.32 Å². The van der Waals surface area contributed by atoms with E-state index in [0.717, 1.165) is 35.1 Å². The molecule has 1 heterocycles. The molecular weight excluding hydrogens is 328 g/mol. The summed E-state index contributed by atoms with van der Waals surface area (Å²) >= 11 is 0. The highest BCUT2D eigenvalue weighted by Crippen LogP contribution is 2.40. The van der Waals surface area contributed by atoms with Crippen LogP contribution in [0.1, 0.15) is 35.1 Å². The van der Waals surface area contributed by atoms with Gasteiger partial charge in [-0.1, -0.05) is 42.0 Å². The molecule has 0 unspecified atom stereocenters. The van der Waals surface area contributed by atoms with Crippen molar-refractivity contribution in [1.29, 1.82) is 0 Å². The Morgan fingerprint density at radius 2 is 2.00 bits per heavy atom. The molecule has 1 N–H and O–H groups in total. The van der Waals surface area contributed by atoms with Crippen LogP contribution in [0.15, 0.2) is 42.5 Å². The van der Waals surface area contributed by atoms with E-state index < -0.39 is 5.54 Å². The minimum Gasteiger partial charge on any atom is -0.496 e. The number of amides is 3. The summed E-state index contributed by atoms with van der Waals surface area (Å²) in [7, 11) is 1.60. The highest BCUT2D eigenvalue weighted by Gasteiger charge is 2.53. The monoisotopic (exact) mass is 350 g/mol. The van der Waals surface area contributed by atoms with E-state index in [-0.39, 0.29) is 18.5 Å². The standard InChI is InChI=1S/C21H22N2O3/c1-14-9-10-18(26-2)16(12-14)13-23-19(24)21(22-20(23)25)11-5-7-15-6-3-4-8-17(15)21/h3-4,6,8-10,12H,5,7,11,13H2,1-2H3,(H,22,25)/t21-/m0/s1. The minimum absolute atomic E-state index is 0.168. The van der Waals surface area contributed by atoms with Crippen molar-refractivity contribution in [2.75, 3.05) is 7.11 Å². The van der Waals surface area contributed by atoms with Crippen LogP contribution in [0.4, 0.5) is 4.79 Å². The first-order chi connectivity index (χ1) is 12.5. The van der Waals surface area contributed by atoms with Crippen LogP contribution in [-0.2, 0) is 23.3 Å². The van der Waals surface area contributed by atoms with Crippen LogP contribution in [0, 0.1) is 6.92 Å². The summed E-state index contributed by atoms with van der Waals surface area (Å²) in [5.41, 5.74) is 3.04. The quantitative estimate of drug-likeness (QED) is 0.864. The highest BCUT2D eigenvalue weighted by molar-refractivity contribution is 6.07. The zero-order chi connectivity index (χ0) is 18.3. The van der Waals surface area contributed by atoms with Gasteiger partial charge in [-0.15, -0.1) is 0 Å². The predicted octanol–water partition coefficient (Wildman–Crippen LogP) is 3.29. The second kappa shape index (κ2) is 6.16. The Hall–Kier alpha value is -2.82. The lowest BCUT2D eigenvalue weighted by Gasteiger charge is -2.33. The molecule has 2 aromatic carbocycles. The van der Waals surface area contributed by atoms with Gasteiger partial charge < -0.3 is 10.1 Å². The van der Waals surface area contributed by atoms with E-state index in [1.807, 2.05) is 49.4 Å². The van der Waals surface area contributed by atoms with Gasteiger partial charge in [0.2, 0.25) is 0 Å². The molecule has 0 bridgehead atoms. The normalized spacial score (nSPS) is 21.7. The van der Waals surface area contributed by atoms with Gasteiger partial charge in [-0.05, 0) is 43.4 Å². The van der Waals surface area contributed by atoms with Gasteiger partial charge in [0.15, 0.2) is 0 Å². The Morgan fingerprint density at radius 1 is 1.19 bits per heavy atom. The average Bonchev–Trinajstić information content (AvgIpc) is 2.87. The fraction of sp³-hybridized carbons (Fsp3) is 0.333. The molecule has 5 nitrogen and oxygen atoms in total. The molecule has 3 amide bonds. The van der Waals surface area contributed by atoms with Crippen LogP contribution in [0.25, 0.3) is 0 Å². The first-order valence-electron chi connectivity index (χ1n) is 8.91. The number of rotatable bonds is 3. The summed E-state index contributed by atoms with van der Waals surface area (Å²) < 4.78 is 5.40. The predicted molar refractivity (Wildman–Crippen MR) is 97.9 cm³/mol. The molecule has 0 radical (unpaired) electrons. The lowest BCUT2D eigenvalue weighted by atomic mass is 9.76. The number of hydrogen-bond donors (Lipinski definition) is 1. The number of nitrogens with one attached hydrogen (secondary N) is 1. The molecule has 1 aliphatic carbocycles. The molecule has 1 saturated heterocycles. The number of ether oxygens (including phenoxy) is 1. The second-order valence-corrected chi connectivity index (χ2v) is 7.05. The Kier molecular flexibility index (Phi) is 3.94. The van der Waals surface area contributed by atoms with Gasteiger partial charge in [0.05, 0.1) is 13.7 Å². The third-order valence-corrected chi connectivity index (χ3v) is 5.42. The third kappa shape index (κ3) is 2.46. The van der Waals surface area contributed by atoms with E-state index in [0.29, 0.717) is 12.2 Å². The van der Waals surface area contributed by atoms with Gasteiger partial charge in [0.25, 0.3) is 5.91 Å². The van der Waals surface area contributed by atoms with Crippen LogP contribution in [0.2, 0.25) is 0 Å². The van der Waals surface area contributed by atoms with Crippen molar-refractivity contribution in [3.63, 3.8) is 0 Å². The molecule has 4 rings (SSSR count). The van der Waals surface area contributed by atoms with Crippen LogP contribution in [0.5, 0.6) is 5.75 Å². The molecule has 134 valence electrons. The van der Waals surface area contributed by atoms with Crippen molar-refractivity contribution in [2.24, 2.45) is 0 Å². The summed E-state index contributed by atoms with van der Waals surface area (Å²) in [5, 5.41) is 2.99. The van der Waals surface area contributed by atoms with E-state index >= 15 is 0 Å². The van der Waals surface area contributed by atoms with Gasteiger partial charge >= 0.3 is 6.03 Å². The second-order valence-electron chi connectivity index (χ2n) is 7.05. The van der Waals surface area contributed by atoms with E-state index in [4.69, 9.17) is 4.74 Å². The lowest BCUT2D eigenvalue weighted by Crippen LogP contribution is -2.46. The Balaban J connectivity index is 1.71. The van der Waals surface area contributed by atoms with E-state index in [1.165, 1.54) is 4.90 Å². The number of carbonyl (C=O) groups is 2. The highest BCUT2D eigenvalue weighted by atomic mass is 16.5. The number of carbonyl (C=O) groups excluding carboxylic acids is 2. The number of benzene rings is 2. The Morgan fingerprint density at radius 3 is 2.81 bits per heavy atom. The largest absolute Gasteiger partial charge is 0.496 e. The van der Waals surface area contributed by atoms with Crippen molar-refractivity contribution >= 4 is 11.9 Å². The summed E-state index contributed by atoms with van der Waals surface area (Å²) in [4.78, 5) is 27.4. The first-order valence-corrected chi connectivity index (χ1v) is 8.91. The zero-order valence-corrected chi connectivity index (χ0v) is 15.0. The zero-order valence-electron chi connectivity index (χ0n) is 15.0. The number of hydrogen-bond acceptors (Lipinski definition) is 3. The number of urea groups is 1. The molecule has 2 aliphatic rings. The van der Waals surface area contributed by atoms with Gasteiger partial charge in [-0.25, -0.2) is 4.79 Å². The molecule has 1 atom stereocenters. The molecule has 1 spiro atoms. The molecule has 2 aromatic rings. The maximum absolute atomic E-state index is 13.3. The number of aryl methyl sites for hydroxylation is 2. The Bertz CT molecular complexity index is 893. The van der Waals surface area contributed by atoms with Crippen molar-refractivity contribution in [3.05, 3.63) is 64.7 Å². The van der Waals surface area contributed by atoms with Gasteiger partial charge in [-0.3, -0.25) is 9.69 Å². The van der Waals surface area contributed by atoms with Crippen molar-refractivity contribution < 1.29 is 14.3 Å². The number of imide groups is 1. The number of nitrogens with zero attached hydrogens (tertiary/aromatic N) is 1. The smallest absolute Gasteiger partial charge is 0.325 e. The Labute approximate surface area is 153 Å². The third-order valence-electron chi connectivity index (χ3n) is 5.42. The maximum Gasteiger partial charge on any atom is 0.325 e.